The Hall–Kier alpha value is -2.96. The first-order chi connectivity index (χ1) is 30.3. The van der Waals surface area contributed by atoms with Gasteiger partial charge in [0.2, 0.25) is 0 Å². The Morgan fingerprint density at radius 1 is 0.603 bits per heavy atom. The zero-order valence-corrected chi connectivity index (χ0v) is 40.5. The van der Waals surface area contributed by atoms with Crippen LogP contribution in [0.3, 0.4) is 0 Å². The Balaban J connectivity index is 1.63. The van der Waals surface area contributed by atoms with E-state index in [1.807, 2.05) is 0 Å². The van der Waals surface area contributed by atoms with Crippen LogP contribution in [-0.4, -0.2) is 59.9 Å². The van der Waals surface area contributed by atoms with Crippen molar-refractivity contribution in [2.45, 2.75) is 227 Å². The highest BCUT2D eigenvalue weighted by atomic mass is 31.2. The zero-order chi connectivity index (χ0) is 46.3. The molecule has 0 saturated carbocycles. The minimum absolute atomic E-state index is 0.140. The highest BCUT2D eigenvalue weighted by Gasteiger charge is 2.28. The largest absolute Gasteiger partial charge is 0.480 e. The second-order valence-electron chi connectivity index (χ2n) is 17.4. The highest BCUT2D eigenvalue weighted by molar-refractivity contribution is 7.47. The van der Waals surface area contributed by atoms with Gasteiger partial charge in [-0.25, -0.2) is 4.57 Å². The number of carbonyl (C=O) groups excluding carboxylic acids is 2. The van der Waals surface area contributed by atoms with Crippen molar-refractivity contribution in [3.63, 3.8) is 0 Å². The van der Waals surface area contributed by atoms with Crippen LogP contribution in [0.5, 0.6) is 0 Å². The topological polar surface area (TPSA) is 198 Å². The fourth-order valence-electron chi connectivity index (χ4n) is 7.55. The van der Waals surface area contributed by atoms with E-state index in [1.165, 1.54) is 80.2 Å². The summed E-state index contributed by atoms with van der Waals surface area (Å²) in [7, 11) is -4.74. The molecule has 362 valence electrons. The van der Waals surface area contributed by atoms with Crippen LogP contribution in [0, 0.1) is 20.8 Å². The second-order valence-corrected chi connectivity index (χ2v) is 18.8. The van der Waals surface area contributed by atoms with Crippen molar-refractivity contribution in [3.8, 4) is 0 Å². The fourth-order valence-corrected chi connectivity index (χ4v) is 8.33. The molecule has 3 atom stereocenters. The molecule has 0 fully saturated rings. The lowest BCUT2D eigenvalue weighted by Gasteiger charge is -2.20. The van der Waals surface area contributed by atoms with E-state index in [4.69, 9.17) is 33.7 Å². The summed E-state index contributed by atoms with van der Waals surface area (Å²) in [4.78, 5) is 46.3. The van der Waals surface area contributed by atoms with Crippen LogP contribution < -0.4 is 5.73 Å². The fraction of sp³-hybridized carbons (Fsp3) is 0.776. The molecule has 0 bridgehead atoms. The van der Waals surface area contributed by atoms with E-state index in [-0.39, 0.29) is 19.4 Å². The molecule has 0 radical (unpaired) electrons. The first-order valence-corrected chi connectivity index (χ1v) is 25.9. The molecule has 3 unspecified atom stereocenters. The van der Waals surface area contributed by atoms with Crippen molar-refractivity contribution < 1.29 is 56.3 Å². The standard InChI is InChI=1S/C49H84NO12P/c1-6-8-22-28-41-34-38(3)44(60-41)29-24-18-16-17-20-26-32-47(51)57-35-42(36-58-63(55,56)59-37-43(50)49(53)54)61-48(52)33-27-21-15-13-11-10-12-14-19-25-31-46-40(5)39(4)45(62-46)30-23-9-7-2/h34,42-43H,6-33,35-37,50H2,1-5H3,(H,53,54)(H,55,56). The van der Waals surface area contributed by atoms with Crippen LogP contribution in [0.25, 0.3) is 0 Å². The van der Waals surface area contributed by atoms with Crippen molar-refractivity contribution in [2.24, 2.45) is 5.73 Å². The molecule has 13 nitrogen and oxygen atoms in total. The number of unbranched alkanes of at least 4 members (excludes halogenated alkanes) is 18. The number of ether oxygens (including phenoxy) is 2. The number of carboxylic acids is 1. The van der Waals surface area contributed by atoms with Crippen molar-refractivity contribution >= 4 is 25.7 Å². The number of aliphatic carboxylic acids is 1. The van der Waals surface area contributed by atoms with Gasteiger partial charge in [0.05, 0.1) is 13.2 Å². The van der Waals surface area contributed by atoms with E-state index in [0.717, 1.165) is 114 Å². The summed E-state index contributed by atoms with van der Waals surface area (Å²) in [5.41, 5.74) is 9.24. The molecule has 0 aliphatic rings. The SMILES string of the molecule is CCCCCc1cc(C)c(CCCCCCCCC(=O)OCC(COP(=O)(O)OCC(N)C(=O)O)OC(=O)CCCCCCCCCCCCc2oc(CCCCC)c(C)c2C)o1. The Bertz CT molecular complexity index is 1600. The maximum Gasteiger partial charge on any atom is 0.472 e. The maximum absolute atomic E-state index is 12.7. The third-order valence-corrected chi connectivity index (χ3v) is 12.7. The second kappa shape index (κ2) is 33.5. The summed E-state index contributed by atoms with van der Waals surface area (Å²) in [6.45, 7) is 9.18. The lowest BCUT2D eigenvalue weighted by Crippen LogP contribution is -2.34. The van der Waals surface area contributed by atoms with Gasteiger partial charge in [0, 0.05) is 38.5 Å². The number of rotatable bonds is 40. The summed E-state index contributed by atoms with van der Waals surface area (Å²) in [5.74, 6) is 2.09. The predicted molar refractivity (Wildman–Crippen MR) is 247 cm³/mol. The Labute approximate surface area is 378 Å². The molecule has 0 amide bonds. The van der Waals surface area contributed by atoms with Gasteiger partial charge in [0.1, 0.15) is 35.7 Å². The van der Waals surface area contributed by atoms with Crippen LogP contribution in [0.1, 0.15) is 208 Å². The van der Waals surface area contributed by atoms with Gasteiger partial charge < -0.3 is 34.0 Å². The molecule has 0 aliphatic heterocycles. The molecular weight excluding hydrogens is 826 g/mol. The molecule has 2 aromatic rings. The molecule has 63 heavy (non-hydrogen) atoms. The predicted octanol–water partition coefficient (Wildman–Crippen LogP) is 12.1. The van der Waals surface area contributed by atoms with Gasteiger partial charge in [0.25, 0.3) is 0 Å². The van der Waals surface area contributed by atoms with Crippen LogP contribution in [-0.2, 0) is 63.2 Å². The van der Waals surface area contributed by atoms with Gasteiger partial charge in [-0.3, -0.25) is 23.4 Å². The summed E-state index contributed by atoms with van der Waals surface area (Å²) < 4.78 is 45.2. The van der Waals surface area contributed by atoms with Crippen molar-refractivity contribution in [3.05, 3.63) is 45.8 Å². The lowest BCUT2D eigenvalue weighted by atomic mass is 10.0. The van der Waals surface area contributed by atoms with Gasteiger partial charge in [0.15, 0.2) is 6.10 Å². The van der Waals surface area contributed by atoms with Gasteiger partial charge in [-0.2, -0.15) is 0 Å². The van der Waals surface area contributed by atoms with Crippen molar-refractivity contribution in [1.82, 2.24) is 0 Å². The maximum atomic E-state index is 12.7. The minimum Gasteiger partial charge on any atom is -0.480 e. The number of carboxylic acid groups (broad SMARTS) is 1. The summed E-state index contributed by atoms with van der Waals surface area (Å²) in [5, 5.41) is 8.93. The van der Waals surface area contributed by atoms with Gasteiger partial charge >= 0.3 is 25.7 Å². The summed E-state index contributed by atoms with van der Waals surface area (Å²) >= 11 is 0. The molecule has 14 heteroatoms. The van der Waals surface area contributed by atoms with E-state index in [0.29, 0.717) is 12.8 Å². The normalized spacial score (nSPS) is 13.5. The number of hydrogen-bond donors (Lipinski definition) is 3. The number of phosphoric acid groups is 1. The smallest absolute Gasteiger partial charge is 0.472 e. The lowest BCUT2D eigenvalue weighted by molar-refractivity contribution is -0.161. The molecule has 0 aliphatic carbocycles. The van der Waals surface area contributed by atoms with E-state index >= 15 is 0 Å². The monoisotopic (exact) mass is 910 g/mol. The Morgan fingerprint density at radius 2 is 1.05 bits per heavy atom. The van der Waals surface area contributed by atoms with Crippen LogP contribution >= 0.6 is 7.82 Å². The molecular formula is C49H84NO12P. The first-order valence-electron chi connectivity index (χ1n) is 24.4. The highest BCUT2D eigenvalue weighted by Crippen LogP contribution is 2.43. The summed E-state index contributed by atoms with van der Waals surface area (Å²) in [6, 6.07) is 0.639. The Morgan fingerprint density at radius 3 is 1.57 bits per heavy atom. The average Bonchev–Trinajstić information content (AvgIpc) is 3.74. The summed E-state index contributed by atoms with van der Waals surface area (Å²) in [6.07, 6.45) is 26.8. The van der Waals surface area contributed by atoms with Gasteiger partial charge in [-0.1, -0.05) is 117 Å². The molecule has 0 aromatic carbocycles. The number of carbonyl (C=O) groups is 3. The number of aryl methyl sites for hydroxylation is 5. The first kappa shape index (κ1) is 56.2. The molecule has 0 spiro atoms. The van der Waals surface area contributed by atoms with Gasteiger partial charge in [-0.15, -0.1) is 0 Å². The number of furan rings is 2. The van der Waals surface area contributed by atoms with E-state index in [2.05, 4.69) is 45.2 Å². The molecule has 2 aromatic heterocycles. The van der Waals surface area contributed by atoms with Crippen LogP contribution in [0.4, 0.5) is 0 Å². The Kier molecular flexibility index (Phi) is 29.9. The number of phosphoric ester groups is 1. The third kappa shape index (κ3) is 25.9. The number of nitrogens with two attached hydrogens (primary N) is 1. The van der Waals surface area contributed by atoms with E-state index in [9.17, 15) is 23.8 Å². The molecule has 2 heterocycles. The van der Waals surface area contributed by atoms with Crippen LogP contribution in [0.2, 0.25) is 0 Å². The minimum atomic E-state index is -4.74. The number of esters is 2. The quantitative estimate of drug-likeness (QED) is 0.0324. The molecule has 4 N–H and O–H groups in total. The van der Waals surface area contributed by atoms with Gasteiger partial charge in [-0.05, 0) is 82.1 Å². The van der Waals surface area contributed by atoms with E-state index in [1.54, 1.807) is 0 Å². The average molecular weight is 910 g/mol. The van der Waals surface area contributed by atoms with E-state index < -0.39 is 51.1 Å². The third-order valence-electron chi connectivity index (χ3n) is 11.7. The number of hydrogen-bond acceptors (Lipinski definition) is 11. The van der Waals surface area contributed by atoms with Crippen molar-refractivity contribution in [2.75, 3.05) is 19.8 Å². The van der Waals surface area contributed by atoms with Crippen LogP contribution in [0.15, 0.2) is 14.9 Å². The molecule has 2 rings (SSSR count). The molecule has 0 saturated heterocycles. The van der Waals surface area contributed by atoms with Crippen molar-refractivity contribution in [1.29, 1.82) is 0 Å². The zero-order valence-electron chi connectivity index (χ0n) is 39.7.